The molecule has 3 nitrogen and oxygen atoms in total. The van der Waals surface area contributed by atoms with Crippen molar-refractivity contribution in [1.82, 2.24) is 0 Å². The third-order valence-electron chi connectivity index (χ3n) is 2.97. The number of benzene rings is 1. The van der Waals surface area contributed by atoms with E-state index >= 15 is 0 Å². The first-order chi connectivity index (χ1) is 9.46. The molecule has 0 saturated heterocycles. The van der Waals surface area contributed by atoms with Crippen LogP contribution >= 0.6 is 0 Å². The van der Waals surface area contributed by atoms with Gasteiger partial charge in [0, 0.05) is 0 Å². The summed E-state index contributed by atoms with van der Waals surface area (Å²) in [6, 6.07) is 5.26. The molecule has 0 aliphatic heterocycles. The smallest absolute Gasteiger partial charge is 0.282 e. The van der Waals surface area contributed by atoms with Crippen molar-refractivity contribution >= 4 is 10.1 Å². The Morgan fingerprint density at radius 1 is 1.15 bits per heavy atom. The average molecular weight is 294 g/mol. The summed E-state index contributed by atoms with van der Waals surface area (Å²) in [7, 11) is -4.15. The molecule has 1 rings (SSSR count). The highest BCUT2D eigenvalue weighted by Gasteiger charge is 2.17. The van der Waals surface area contributed by atoms with E-state index in [1.54, 1.807) is 19.1 Å². The van der Waals surface area contributed by atoms with Crippen LogP contribution in [0.2, 0.25) is 0 Å². The minimum absolute atomic E-state index is 0.0549. The van der Waals surface area contributed by atoms with Gasteiger partial charge in [-0.1, -0.05) is 49.4 Å². The van der Waals surface area contributed by atoms with E-state index in [0.717, 1.165) is 19.3 Å². The fraction of sp³-hybridized carbons (Fsp3) is 0.375. The van der Waals surface area contributed by atoms with E-state index in [4.69, 9.17) is 0 Å². The summed E-state index contributed by atoms with van der Waals surface area (Å²) in [5.41, 5.74) is 1.25. The molecule has 1 aromatic carbocycles. The molecule has 0 aliphatic carbocycles. The first-order valence-corrected chi connectivity index (χ1v) is 8.26. The van der Waals surface area contributed by atoms with E-state index in [1.165, 1.54) is 0 Å². The van der Waals surface area contributed by atoms with Gasteiger partial charge >= 0.3 is 0 Å². The lowest BCUT2D eigenvalue weighted by Crippen LogP contribution is -2.05. The maximum atomic E-state index is 11.4. The monoisotopic (exact) mass is 294 g/mol. The molecule has 0 aliphatic rings. The van der Waals surface area contributed by atoms with Crippen LogP contribution in [0, 0.1) is 6.92 Å². The Kier molecular flexibility index (Phi) is 6.68. The van der Waals surface area contributed by atoms with Crippen molar-refractivity contribution in [2.24, 2.45) is 0 Å². The quantitative estimate of drug-likeness (QED) is 0.609. The molecule has 1 aromatic rings. The molecule has 0 heterocycles. The second-order valence-corrected chi connectivity index (χ2v) is 6.02. The molecule has 0 spiro atoms. The van der Waals surface area contributed by atoms with E-state index < -0.39 is 10.1 Å². The molecule has 4 heteroatoms. The maximum absolute atomic E-state index is 11.4. The Hall–Kier alpha value is -1.39. The molecular formula is C16H22O3S. The molecule has 20 heavy (non-hydrogen) atoms. The van der Waals surface area contributed by atoms with Crippen LogP contribution < -0.4 is 0 Å². The lowest BCUT2D eigenvalue weighted by Gasteiger charge is -2.08. The molecule has 1 N–H and O–H groups in total. The molecule has 0 atom stereocenters. The van der Waals surface area contributed by atoms with Crippen LogP contribution in [-0.4, -0.2) is 13.0 Å². The maximum Gasteiger partial charge on any atom is 0.295 e. The third-order valence-corrected chi connectivity index (χ3v) is 4.07. The van der Waals surface area contributed by atoms with Crippen LogP contribution in [0.1, 0.15) is 37.3 Å². The van der Waals surface area contributed by atoms with Gasteiger partial charge in [-0.3, -0.25) is 4.55 Å². The molecule has 0 bridgehead atoms. The van der Waals surface area contributed by atoms with Gasteiger partial charge in [0.1, 0.15) is 0 Å². The topological polar surface area (TPSA) is 54.4 Å². The van der Waals surface area contributed by atoms with Crippen molar-refractivity contribution in [3.8, 4) is 0 Å². The minimum atomic E-state index is -4.15. The van der Waals surface area contributed by atoms with Gasteiger partial charge in [0.15, 0.2) is 0 Å². The standard InChI is InChI=1S/C16H22O3S/c1-3-4-5-6-7-8-9-12-15-13-10-11-14(2)16(15)20(17,18)19/h4-5,7-8,10-11,13H,3,6,9,12H2,1-2H3,(H,17,18,19). The SMILES string of the molecule is CCC=CCC=CCCc1cccc(C)c1S(=O)(=O)O. The summed E-state index contributed by atoms with van der Waals surface area (Å²) < 4.78 is 32.1. The summed E-state index contributed by atoms with van der Waals surface area (Å²) in [4.78, 5) is 0.0549. The van der Waals surface area contributed by atoms with Gasteiger partial charge in [-0.05, 0) is 43.7 Å². The molecule has 0 fully saturated rings. The highest BCUT2D eigenvalue weighted by Crippen LogP contribution is 2.21. The fourth-order valence-corrected chi connectivity index (χ4v) is 3.05. The van der Waals surface area contributed by atoms with Crippen LogP contribution in [0.15, 0.2) is 47.4 Å². The van der Waals surface area contributed by atoms with Crippen molar-refractivity contribution < 1.29 is 13.0 Å². The molecule has 0 unspecified atom stereocenters. The summed E-state index contributed by atoms with van der Waals surface area (Å²) in [5.74, 6) is 0. The van der Waals surface area contributed by atoms with E-state index in [9.17, 15) is 13.0 Å². The number of hydrogen-bond acceptors (Lipinski definition) is 2. The van der Waals surface area contributed by atoms with Crippen LogP contribution in [0.4, 0.5) is 0 Å². The first kappa shape index (κ1) is 16.7. The van der Waals surface area contributed by atoms with Gasteiger partial charge in [0.2, 0.25) is 0 Å². The summed E-state index contributed by atoms with van der Waals surface area (Å²) in [5, 5.41) is 0. The predicted octanol–water partition coefficient (Wildman–Crippen LogP) is 4.09. The molecule has 0 amide bonds. The zero-order chi connectivity index (χ0) is 15.0. The molecule has 0 aromatic heterocycles. The Bertz CT molecular complexity index is 584. The van der Waals surface area contributed by atoms with Gasteiger partial charge in [-0.15, -0.1) is 0 Å². The van der Waals surface area contributed by atoms with Crippen molar-refractivity contribution in [2.45, 2.75) is 44.4 Å². The number of hydrogen-bond donors (Lipinski definition) is 1. The lowest BCUT2D eigenvalue weighted by molar-refractivity contribution is 0.481. The molecule has 0 saturated carbocycles. The normalized spacial score (nSPS) is 12.6. The van der Waals surface area contributed by atoms with Gasteiger partial charge in [0.05, 0.1) is 4.90 Å². The van der Waals surface area contributed by atoms with E-state index in [0.29, 0.717) is 17.5 Å². The fourth-order valence-electron chi connectivity index (χ4n) is 2.07. The molecule has 0 radical (unpaired) electrons. The van der Waals surface area contributed by atoms with Gasteiger partial charge < -0.3 is 0 Å². The Morgan fingerprint density at radius 3 is 2.50 bits per heavy atom. The molecule has 110 valence electrons. The van der Waals surface area contributed by atoms with Crippen molar-refractivity contribution in [1.29, 1.82) is 0 Å². The van der Waals surface area contributed by atoms with Gasteiger partial charge in [0.25, 0.3) is 10.1 Å². The van der Waals surface area contributed by atoms with Gasteiger partial charge in [-0.2, -0.15) is 8.42 Å². The van der Waals surface area contributed by atoms with Gasteiger partial charge in [-0.25, -0.2) is 0 Å². The largest absolute Gasteiger partial charge is 0.295 e. The average Bonchev–Trinajstić information content (AvgIpc) is 2.36. The Morgan fingerprint density at radius 2 is 1.85 bits per heavy atom. The predicted molar refractivity (Wildman–Crippen MR) is 82.5 cm³/mol. The van der Waals surface area contributed by atoms with E-state index in [-0.39, 0.29) is 4.90 Å². The number of aryl methyl sites for hydroxylation is 2. The summed E-state index contributed by atoms with van der Waals surface area (Å²) >= 11 is 0. The number of rotatable bonds is 7. The lowest BCUT2D eigenvalue weighted by atomic mass is 10.1. The zero-order valence-corrected chi connectivity index (χ0v) is 12.9. The van der Waals surface area contributed by atoms with Crippen LogP contribution in [0.25, 0.3) is 0 Å². The van der Waals surface area contributed by atoms with Crippen molar-refractivity contribution in [2.75, 3.05) is 0 Å². The van der Waals surface area contributed by atoms with E-state index in [2.05, 4.69) is 25.2 Å². The Labute approximate surface area is 121 Å². The highest BCUT2D eigenvalue weighted by atomic mass is 32.2. The molecular weight excluding hydrogens is 272 g/mol. The van der Waals surface area contributed by atoms with Crippen LogP contribution in [-0.2, 0) is 16.5 Å². The second-order valence-electron chi connectivity index (χ2n) is 4.66. The zero-order valence-electron chi connectivity index (χ0n) is 12.0. The van der Waals surface area contributed by atoms with E-state index in [1.807, 2.05) is 12.1 Å². The summed E-state index contributed by atoms with van der Waals surface area (Å²) in [6.07, 6.45) is 11.6. The summed E-state index contributed by atoms with van der Waals surface area (Å²) in [6.45, 7) is 3.78. The van der Waals surface area contributed by atoms with Crippen molar-refractivity contribution in [3.05, 3.63) is 53.6 Å². The van der Waals surface area contributed by atoms with Crippen molar-refractivity contribution in [3.63, 3.8) is 0 Å². The number of allylic oxidation sites excluding steroid dienone is 4. The highest BCUT2D eigenvalue weighted by molar-refractivity contribution is 7.86. The minimum Gasteiger partial charge on any atom is -0.282 e. The Balaban J connectivity index is 2.70. The first-order valence-electron chi connectivity index (χ1n) is 6.82. The van der Waals surface area contributed by atoms with Crippen LogP contribution in [0.3, 0.4) is 0 Å². The van der Waals surface area contributed by atoms with Crippen LogP contribution in [0.5, 0.6) is 0 Å². The second kappa shape index (κ2) is 8.02. The third kappa shape index (κ3) is 5.31.